The maximum Gasteiger partial charge on any atom is 0.245 e. The summed E-state index contributed by atoms with van der Waals surface area (Å²) in [6, 6.07) is 5.99. The van der Waals surface area contributed by atoms with Crippen LogP contribution in [0, 0.1) is 0 Å². The predicted octanol–water partition coefficient (Wildman–Crippen LogP) is 1.69. The molecule has 2 atom stereocenters. The van der Waals surface area contributed by atoms with E-state index in [1.54, 1.807) is 29.2 Å². The number of likely N-dealkylation sites (tertiary alicyclic amines) is 1. The molecule has 2 rings (SSSR count). The van der Waals surface area contributed by atoms with Gasteiger partial charge in [-0.3, -0.25) is 14.4 Å². The van der Waals surface area contributed by atoms with E-state index >= 15 is 0 Å². The molecule has 0 saturated carbocycles. The van der Waals surface area contributed by atoms with Crippen LogP contribution in [0.3, 0.4) is 0 Å². The van der Waals surface area contributed by atoms with E-state index in [0.29, 0.717) is 13.0 Å². The van der Waals surface area contributed by atoms with Crippen molar-refractivity contribution in [1.82, 2.24) is 15.1 Å². The van der Waals surface area contributed by atoms with E-state index in [1.807, 2.05) is 18.7 Å². The van der Waals surface area contributed by atoms with E-state index in [1.165, 1.54) is 6.92 Å². The van der Waals surface area contributed by atoms with Crippen LogP contribution in [0.5, 0.6) is 5.75 Å². The monoisotopic (exact) mass is 389 g/mol. The highest BCUT2D eigenvalue weighted by molar-refractivity contribution is 5.90. The Morgan fingerprint density at radius 2 is 1.96 bits per heavy atom. The summed E-state index contributed by atoms with van der Waals surface area (Å²) in [7, 11) is 0. The molecular formula is C21H31N3O4. The Balaban J connectivity index is 2.13. The van der Waals surface area contributed by atoms with E-state index < -0.39 is 6.04 Å². The molecular weight excluding hydrogens is 358 g/mol. The normalized spacial score (nSPS) is 17.2. The number of rotatable bonds is 8. The minimum atomic E-state index is -0.752. The standard InChI is InChI=1S/C21H31N3O4/c1-4-11-23(14-20(27)24-12-5-6-15(24)2)21(28)19(22-16(3)25)13-17-7-9-18(26)10-8-17/h7-10,15,19,26H,4-6,11-14H2,1-3H3,(H,22,25). The average molecular weight is 389 g/mol. The lowest BCUT2D eigenvalue weighted by Crippen LogP contribution is -2.52. The van der Waals surface area contributed by atoms with Gasteiger partial charge >= 0.3 is 0 Å². The van der Waals surface area contributed by atoms with Gasteiger partial charge in [0.2, 0.25) is 17.7 Å². The quantitative estimate of drug-likeness (QED) is 0.708. The van der Waals surface area contributed by atoms with Crippen LogP contribution in [-0.4, -0.2) is 64.3 Å². The first-order valence-corrected chi connectivity index (χ1v) is 9.95. The molecule has 1 aliphatic rings. The number of phenols is 1. The van der Waals surface area contributed by atoms with Gasteiger partial charge in [0.1, 0.15) is 11.8 Å². The van der Waals surface area contributed by atoms with Crippen molar-refractivity contribution >= 4 is 17.7 Å². The van der Waals surface area contributed by atoms with Crippen molar-refractivity contribution in [2.24, 2.45) is 0 Å². The molecule has 0 aromatic heterocycles. The van der Waals surface area contributed by atoms with E-state index in [4.69, 9.17) is 0 Å². The van der Waals surface area contributed by atoms with E-state index in [2.05, 4.69) is 5.32 Å². The lowest BCUT2D eigenvalue weighted by Gasteiger charge is -2.30. The van der Waals surface area contributed by atoms with Crippen LogP contribution >= 0.6 is 0 Å². The zero-order valence-electron chi connectivity index (χ0n) is 17.0. The smallest absolute Gasteiger partial charge is 0.245 e. The number of amides is 3. The fourth-order valence-electron chi connectivity index (χ4n) is 3.63. The zero-order chi connectivity index (χ0) is 20.7. The van der Waals surface area contributed by atoms with Crippen LogP contribution in [0.2, 0.25) is 0 Å². The third kappa shape index (κ3) is 5.97. The van der Waals surface area contributed by atoms with E-state index in [0.717, 1.165) is 31.4 Å². The number of hydrogen-bond acceptors (Lipinski definition) is 4. The summed E-state index contributed by atoms with van der Waals surface area (Å²) < 4.78 is 0. The van der Waals surface area contributed by atoms with Gasteiger partial charge in [0.25, 0.3) is 0 Å². The van der Waals surface area contributed by atoms with Gasteiger partial charge in [0, 0.05) is 32.5 Å². The Labute approximate surface area is 166 Å². The summed E-state index contributed by atoms with van der Waals surface area (Å²) in [5.41, 5.74) is 0.820. The Bertz CT molecular complexity index is 689. The largest absolute Gasteiger partial charge is 0.508 e. The highest BCUT2D eigenvalue weighted by atomic mass is 16.3. The second kappa shape index (κ2) is 10.1. The van der Waals surface area contributed by atoms with Gasteiger partial charge in [-0.1, -0.05) is 19.1 Å². The summed E-state index contributed by atoms with van der Waals surface area (Å²) in [5.74, 6) is -0.458. The number of benzene rings is 1. The molecule has 1 aromatic carbocycles. The highest BCUT2D eigenvalue weighted by Gasteiger charge is 2.30. The lowest BCUT2D eigenvalue weighted by molar-refractivity contribution is -0.142. The Morgan fingerprint density at radius 3 is 2.50 bits per heavy atom. The van der Waals surface area contributed by atoms with Crippen LogP contribution in [0.4, 0.5) is 0 Å². The Hall–Kier alpha value is -2.57. The minimum absolute atomic E-state index is 0.0304. The van der Waals surface area contributed by atoms with Crippen molar-refractivity contribution in [3.8, 4) is 5.75 Å². The van der Waals surface area contributed by atoms with Crippen LogP contribution in [0.1, 0.15) is 45.6 Å². The number of aromatic hydroxyl groups is 1. The molecule has 0 spiro atoms. The third-order valence-electron chi connectivity index (χ3n) is 5.06. The van der Waals surface area contributed by atoms with Gasteiger partial charge in [-0.25, -0.2) is 0 Å². The summed E-state index contributed by atoms with van der Waals surface area (Å²) in [6.45, 7) is 6.58. The number of phenolic OH excluding ortho intramolecular Hbond substituents is 1. The van der Waals surface area contributed by atoms with Crippen LogP contribution < -0.4 is 5.32 Å². The first-order valence-electron chi connectivity index (χ1n) is 9.95. The van der Waals surface area contributed by atoms with Crippen molar-refractivity contribution < 1.29 is 19.5 Å². The van der Waals surface area contributed by atoms with Gasteiger partial charge in [-0.05, 0) is 43.9 Å². The fourth-order valence-corrected chi connectivity index (χ4v) is 3.63. The number of nitrogens with one attached hydrogen (secondary N) is 1. The Kier molecular flexibility index (Phi) is 7.84. The molecule has 0 aliphatic carbocycles. The SMILES string of the molecule is CCCN(CC(=O)N1CCCC1C)C(=O)C(Cc1ccc(O)cc1)NC(C)=O. The number of carbonyl (C=O) groups excluding carboxylic acids is 3. The number of hydrogen-bond donors (Lipinski definition) is 2. The molecule has 1 aliphatic heterocycles. The molecule has 7 heteroatoms. The molecule has 0 radical (unpaired) electrons. The van der Waals surface area contributed by atoms with Crippen molar-refractivity contribution in [1.29, 1.82) is 0 Å². The van der Waals surface area contributed by atoms with E-state index in [9.17, 15) is 19.5 Å². The van der Waals surface area contributed by atoms with Gasteiger partial charge in [-0.15, -0.1) is 0 Å². The first-order chi connectivity index (χ1) is 13.3. The fraction of sp³-hybridized carbons (Fsp3) is 0.571. The second-order valence-electron chi connectivity index (χ2n) is 7.46. The van der Waals surface area contributed by atoms with Gasteiger partial charge < -0.3 is 20.2 Å². The first kappa shape index (κ1) is 21.7. The molecule has 2 N–H and O–H groups in total. The van der Waals surface area contributed by atoms with Crippen LogP contribution in [0.15, 0.2) is 24.3 Å². The van der Waals surface area contributed by atoms with Crippen molar-refractivity contribution in [2.45, 2.75) is 58.5 Å². The predicted molar refractivity (Wildman–Crippen MR) is 107 cm³/mol. The molecule has 1 aromatic rings. The zero-order valence-corrected chi connectivity index (χ0v) is 17.0. The van der Waals surface area contributed by atoms with Crippen molar-refractivity contribution in [3.05, 3.63) is 29.8 Å². The number of nitrogens with zero attached hydrogens (tertiary/aromatic N) is 2. The molecule has 28 heavy (non-hydrogen) atoms. The topological polar surface area (TPSA) is 90.0 Å². The van der Waals surface area contributed by atoms with Gasteiger partial charge in [-0.2, -0.15) is 0 Å². The molecule has 2 unspecified atom stereocenters. The minimum Gasteiger partial charge on any atom is -0.508 e. The molecule has 7 nitrogen and oxygen atoms in total. The highest BCUT2D eigenvalue weighted by Crippen LogP contribution is 2.17. The van der Waals surface area contributed by atoms with Crippen LogP contribution in [-0.2, 0) is 20.8 Å². The molecule has 1 heterocycles. The maximum atomic E-state index is 13.2. The molecule has 3 amide bonds. The molecule has 1 saturated heterocycles. The molecule has 154 valence electrons. The molecule has 0 bridgehead atoms. The Morgan fingerprint density at radius 1 is 1.29 bits per heavy atom. The third-order valence-corrected chi connectivity index (χ3v) is 5.06. The molecule has 1 fully saturated rings. The maximum absolute atomic E-state index is 13.2. The lowest BCUT2D eigenvalue weighted by atomic mass is 10.0. The van der Waals surface area contributed by atoms with Crippen molar-refractivity contribution in [2.75, 3.05) is 19.6 Å². The summed E-state index contributed by atoms with van der Waals surface area (Å²) >= 11 is 0. The van der Waals surface area contributed by atoms with Gasteiger partial charge in [0.05, 0.1) is 6.54 Å². The van der Waals surface area contributed by atoms with E-state index in [-0.39, 0.29) is 36.1 Å². The van der Waals surface area contributed by atoms with Gasteiger partial charge in [0.15, 0.2) is 0 Å². The average Bonchev–Trinajstić information content (AvgIpc) is 3.07. The van der Waals surface area contributed by atoms with Crippen molar-refractivity contribution in [3.63, 3.8) is 0 Å². The van der Waals surface area contributed by atoms with Crippen LogP contribution in [0.25, 0.3) is 0 Å². The summed E-state index contributed by atoms with van der Waals surface area (Å²) in [4.78, 5) is 40.9. The number of carbonyl (C=O) groups is 3. The summed E-state index contributed by atoms with van der Waals surface area (Å²) in [5, 5.41) is 12.2. The second-order valence-corrected chi connectivity index (χ2v) is 7.46. The summed E-state index contributed by atoms with van der Waals surface area (Å²) in [6.07, 6.45) is 3.00.